The summed E-state index contributed by atoms with van der Waals surface area (Å²) >= 11 is 0. The third-order valence-corrected chi connectivity index (χ3v) is 2.99. The highest BCUT2D eigenvalue weighted by atomic mass is 35.5. The van der Waals surface area contributed by atoms with Crippen LogP contribution in [0.5, 0.6) is 0 Å². The number of hydrogen-bond donors (Lipinski definition) is 2. The molecule has 0 saturated heterocycles. The first-order chi connectivity index (χ1) is 7.65. The smallest absolute Gasteiger partial charge is 0.241 e. The predicted octanol–water partition coefficient (Wildman–Crippen LogP) is 1.21. The lowest BCUT2D eigenvalue weighted by atomic mass is 9.96. The molecule has 0 heterocycles. The third-order valence-electron chi connectivity index (χ3n) is 2.99. The predicted molar refractivity (Wildman–Crippen MR) is 71.2 cm³/mol. The van der Waals surface area contributed by atoms with Crippen molar-refractivity contribution in [2.45, 2.75) is 18.4 Å². The first-order valence-electron chi connectivity index (χ1n) is 5.40. The molecule has 3 N–H and O–H groups in total. The maximum atomic E-state index is 11.9. The summed E-state index contributed by atoms with van der Waals surface area (Å²) in [6.07, 6.45) is 2.89. The van der Waals surface area contributed by atoms with Gasteiger partial charge in [0.25, 0.3) is 0 Å². The van der Waals surface area contributed by atoms with E-state index in [2.05, 4.69) is 11.9 Å². The van der Waals surface area contributed by atoms with Gasteiger partial charge in [-0.1, -0.05) is 30.3 Å². The zero-order valence-corrected chi connectivity index (χ0v) is 10.4. The lowest BCUT2D eigenvalue weighted by molar-refractivity contribution is -0.125. The van der Waals surface area contributed by atoms with Crippen LogP contribution in [0.25, 0.3) is 0 Å². The van der Waals surface area contributed by atoms with Gasteiger partial charge >= 0.3 is 0 Å². The number of nitrogens with one attached hydrogen (secondary N) is 1. The molecule has 0 unspecified atom stereocenters. The van der Waals surface area contributed by atoms with Crippen molar-refractivity contribution in [3.05, 3.63) is 48.0 Å². The van der Waals surface area contributed by atoms with Gasteiger partial charge < -0.3 is 11.1 Å². The average molecular weight is 253 g/mol. The minimum absolute atomic E-state index is 0. The molecule has 0 saturated carbocycles. The Labute approximate surface area is 107 Å². The molecule has 0 fully saturated rings. The van der Waals surface area contributed by atoms with Gasteiger partial charge in [-0.15, -0.1) is 19.0 Å². The molecule has 4 heteroatoms. The van der Waals surface area contributed by atoms with E-state index >= 15 is 0 Å². The van der Waals surface area contributed by atoms with Crippen molar-refractivity contribution in [3.8, 4) is 0 Å². The fraction of sp³-hybridized carbons (Fsp3) is 0.308. The highest BCUT2D eigenvalue weighted by Crippen LogP contribution is 2.28. The highest BCUT2D eigenvalue weighted by molar-refractivity contribution is 5.88. The monoisotopic (exact) mass is 252 g/mol. The average Bonchev–Trinajstić information content (AvgIpc) is 2.63. The van der Waals surface area contributed by atoms with Gasteiger partial charge in [-0.3, -0.25) is 4.79 Å². The van der Waals surface area contributed by atoms with Crippen LogP contribution in [0, 0.1) is 0 Å². The number of amides is 1. The molecule has 92 valence electrons. The molecular weight excluding hydrogens is 236 g/mol. The number of carbonyl (C=O) groups excluding carboxylic acids is 1. The topological polar surface area (TPSA) is 55.1 Å². The number of fused-ring (bicyclic) bond motifs is 1. The molecule has 2 rings (SSSR count). The van der Waals surface area contributed by atoms with Crippen LogP contribution in [0.3, 0.4) is 0 Å². The van der Waals surface area contributed by atoms with Crippen LogP contribution in [-0.2, 0) is 17.6 Å². The van der Waals surface area contributed by atoms with Gasteiger partial charge in [0.05, 0.1) is 0 Å². The van der Waals surface area contributed by atoms with E-state index in [4.69, 9.17) is 5.73 Å². The highest BCUT2D eigenvalue weighted by Gasteiger charge is 2.39. The Kier molecular flexibility index (Phi) is 4.32. The Hall–Kier alpha value is -1.32. The van der Waals surface area contributed by atoms with E-state index in [-0.39, 0.29) is 18.3 Å². The van der Waals surface area contributed by atoms with Crippen LogP contribution in [0.2, 0.25) is 0 Å². The molecule has 1 amide bonds. The summed E-state index contributed by atoms with van der Waals surface area (Å²) in [5, 5.41) is 2.77. The van der Waals surface area contributed by atoms with E-state index in [9.17, 15) is 4.79 Å². The molecule has 0 spiro atoms. The van der Waals surface area contributed by atoms with Crippen molar-refractivity contribution in [1.82, 2.24) is 5.32 Å². The zero-order valence-electron chi connectivity index (χ0n) is 9.61. The normalized spacial score (nSPS) is 15.6. The Morgan fingerprint density at radius 3 is 2.41 bits per heavy atom. The maximum Gasteiger partial charge on any atom is 0.241 e. The summed E-state index contributed by atoms with van der Waals surface area (Å²) in [5.74, 6) is -0.0939. The standard InChI is InChI=1S/C13H16N2O.ClH/c1-2-7-15-12(16)13(14)8-10-5-3-4-6-11(10)9-13;/h2-6H,1,7-9,14H2,(H,15,16);1H. The molecule has 0 radical (unpaired) electrons. The van der Waals surface area contributed by atoms with Gasteiger partial charge in [0.2, 0.25) is 5.91 Å². The molecule has 1 aromatic carbocycles. The lowest BCUT2D eigenvalue weighted by Crippen LogP contribution is -2.54. The van der Waals surface area contributed by atoms with Crippen molar-refractivity contribution >= 4 is 18.3 Å². The number of carbonyl (C=O) groups is 1. The van der Waals surface area contributed by atoms with Crippen molar-refractivity contribution < 1.29 is 4.79 Å². The van der Waals surface area contributed by atoms with Crippen molar-refractivity contribution in [2.24, 2.45) is 5.73 Å². The number of hydrogen-bond acceptors (Lipinski definition) is 2. The van der Waals surface area contributed by atoms with Crippen LogP contribution in [0.4, 0.5) is 0 Å². The molecule has 1 aliphatic carbocycles. The Balaban J connectivity index is 0.00000144. The van der Waals surface area contributed by atoms with Crippen LogP contribution >= 0.6 is 12.4 Å². The molecular formula is C13H17ClN2O. The van der Waals surface area contributed by atoms with Gasteiger partial charge in [-0.25, -0.2) is 0 Å². The Bertz CT molecular complexity index is 406. The van der Waals surface area contributed by atoms with Gasteiger partial charge in [-0.05, 0) is 24.0 Å². The van der Waals surface area contributed by atoms with Gasteiger partial charge in [0, 0.05) is 6.54 Å². The second-order valence-corrected chi connectivity index (χ2v) is 4.28. The molecule has 0 aromatic heterocycles. The van der Waals surface area contributed by atoms with Crippen LogP contribution in [-0.4, -0.2) is 18.0 Å². The van der Waals surface area contributed by atoms with E-state index in [1.165, 1.54) is 11.1 Å². The number of rotatable bonds is 3. The first-order valence-corrected chi connectivity index (χ1v) is 5.40. The summed E-state index contributed by atoms with van der Waals surface area (Å²) in [6, 6.07) is 8.02. The fourth-order valence-corrected chi connectivity index (χ4v) is 2.15. The summed E-state index contributed by atoms with van der Waals surface area (Å²) in [4.78, 5) is 11.9. The Morgan fingerprint density at radius 1 is 1.41 bits per heavy atom. The number of nitrogens with two attached hydrogens (primary N) is 1. The van der Waals surface area contributed by atoms with Gasteiger partial charge in [0.1, 0.15) is 5.54 Å². The van der Waals surface area contributed by atoms with Crippen molar-refractivity contribution in [1.29, 1.82) is 0 Å². The van der Waals surface area contributed by atoms with Crippen LogP contribution in [0.15, 0.2) is 36.9 Å². The van der Waals surface area contributed by atoms with Crippen molar-refractivity contribution in [2.75, 3.05) is 6.54 Å². The van der Waals surface area contributed by atoms with Crippen LogP contribution < -0.4 is 11.1 Å². The second kappa shape index (κ2) is 5.34. The largest absolute Gasteiger partial charge is 0.351 e. The molecule has 3 nitrogen and oxygen atoms in total. The van der Waals surface area contributed by atoms with E-state index in [1.54, 1.807) is 6.08 Å². The van der Waals surface area contributed by atoms with Crippen molar-refractivity contribution in [3.63, 3.8) is 0 Å². The summed E-state index contributed by atoms with van der Waals surface area (Å²) in [6.45, 7) is 4.03. The minimum Gasteiger partial charge on any atom is -0.351 e. The van der Waals surface area contributed by atoms with Gasteiger partial charge in [-0.2, -0.15) is 0 Å². The Morgan fingerprint density at radius 2 is 1.94 bits per heavy atom. The summed E-state index contributed by atoms with van der Waals surface area (Å²) in [7, 11) is 0. The van der Waals surface area contributed by atoms with E-state index in [0.717, 1.165) is 0 Å². The molecule has 0 atom stereocenters. The summed E-state index contributed by atoms with van der Waals surface area (Å²) in [5.41, 5.74) is 7.72. The number of benzene rings is 1. The van der Waals surface area contributed by atoms with Gasteiger partial charge in [0.15, 0.2) is 0 Å². The molecule has 1 aromatic rings. The maximum absolute atomic E-state index is 11.9. The number of halogens is 1. The third kappa shape index (κ3) is 2.68. The first kappa shape index (κ1) is 13.7. The molecule has 0 bridgehead atoms. The fourth-order valence-electron chi connectivity index (χ4n) is 2.15. The molecule has 17 heavy (non-hydrogen) atoms. The quantitative estimate of drug-likeness (QED) is 0.795. The van der Waals surface area contributed by atoms with E-state index < -0.39 is 5.54 Å². The second-order valence-electron chi connectivity index (χ2n) is 4.28. The molecule has 1 aliphatic rings. The van der Waals surface area contributed by atoms with E-state index in [1.807, 2.05) is 24.3 Å². The van der Waals surface area contributed by atoms with E-state index in [0.29, 0.717) is 19.4 Å². The van der Waals surface area contributed by atoms with Crippen LogP contribution in [0.1, 0.15) is 11.1 Å². The minimum atomic E-state index is -0.785. The SMILES string of the molecule is C=CCNC(=O)C1(N)Cc2ccccc2C1.Cl. The summed E-state index contributed by atoms with van der Waals surface area (Å²) < 4.78 is 0. The zero-order chi connectivity index (χ0) is 11.6. The lowest BCUT2D eigenvalue weighted by Gasteiger charge is -2.21. The molecule has 0 aliphatic heterocycles.